The molecule has 2 aromatic carbocycles. The monoisotopic (exact) mass is 319 g/mol. The Morgan fingerprint density at radius 2 is 1.83 bits per heavy atom. The quantitative estimate of drug-likeness (QED) is 0.728. The molecule has 1 aliphatic rings. The molecule has 1 unspecified atom stereocenters. The number of aromatic nitrogens is 2. The molecule has 4 rings (SSSR count). The molecule has 1 aromatic heterocycles. The molecule has 1 saturated heterocycles. The minimum absolute atomic E-state index is 0.334. The summed E-state index contributed by atoms with van der Waals surface area (Å²) in [6, 6.07) is 18.7. The highest BCUT2D eigenvalue weighted by Gasteiger charge is 2.28. The van der Waals surface area contributed by atoms with E-state index < -0.39 is 0 Å². The van der Waals surface area contributed by atoms with Gasteiger partial charge in [-0.15, -0.1) is 10.2 Å². The highest BCUT2D eigenvalue weighted by Crippen LogP contribution is 2.29. The highest BCUT2D eigenvalue weighted by atomic mass is 16.4. The summed E-state index contributed by atoms with van der Waals surface area (Å²) in [6.45, 7) is 5.15. The van der Waals surface area contributed by atoms with Crippen LogP contribution < -0.4 is 0 Å². The Hall–Kier alpha value is -2.46. The summed E-state index contributed by atoms with van der Waals surface area (Å²) in [5.74, 6) is 1.71. The lowest BCUT2D eigenvalue weighted by atomic mass is 10.1. The van der Waals surface area contributed by atoms with Crippen molar-refractivity contribution >= 4 is 0 Å². The van der Waals surface area contributed by atoms with Gasteiger partial charge in [0.05, 0.1) is 5.92 Å². The smallest absolute Gasteiger partial charge is 0.247 e. The Morgan fingerprint density at radius 1 is 1.04 bits per heavy atom. The highest BCUT2D eigenvalue weighted by molar-refractivity contribution is 5.51. The molecular formula is C20H21N3O. The summed E-state index contributed by atoms with van der Waals surface area (Å²) >= 11 is 0. The van der Waals surface area contributed by atoms with Gasteiger partial charge in [0.15, 0.2) is 0 Å². The van der Waals surface area contributed by atoms with Gasteiger partial charge >= 0.3 is 0 Å². The minimum Gasteiger partial charge on any atom is -0.420 e. The van der Waals surface area contributed by atoms with Crippen molar-refractivity contribution in [2.45, 2.75) is 25.8 Å². The molecule has 1 aliphatic heterocycles. The third kappa shape index (κ3) is 3.24. The first-order valence-electron chi connectivity index (χ1n) is 8.44. The van der Waals surface area contributed by atoms with Crippen molar-refractivity contribution in [3.63, 3.8) is 0 Å². The molecule has 0 amide bonds. The second-order valence-electron chi connectivity index (χ2n) is 6.52. The van der Waals surface area contributed by atoms with E-state index in [2.05, 4.69) is 46.3 Å². The first-order valence-corrected chi connectivity index (χ1v) is 8.44. The Morgan fingerprint density at radius 3 is 2.62 bits per heavy atom. The van der Waals surface area contributed by atoms with Crippen LogP contribution in [0.25, 0.3) is 11.5 Å². The van der Waals surface area contributed by atoms with E-state index in [0.717, 1.165) is 37.5 Å². The number of aryl methyl sites for hydroxylation is 1. The molecule has 0 spiro atoms. The van der Waals surface area contributed by atoms with Crippen LogP contribution in [0.3, 0.4) is 0 Å². The number of nitrogens with zero attached hydrogens (tertiary/aromatic N) is 3. The number of likely N-dealkylation sites (tertiary alicyclic amines) is 1. The van der Waals surface area contributed by atoms with Crippen molar-refractivity contribution in [2.24, 2.45) is 0 Å². The lowest BCUT2D eigenvalue weighted by Crippen LogP contribution is -2.19. The van der Waals surface area contributed by atoms with Gasteiger partial charge in [0.25, 0.3) is 0 Å². The molecule has 0 N–H and O–H groups in total. The molecule has 0 bridgehead atoms. The largest absolute Gasteiger partial charge is 0.420 e. The van der Waals surface area contributed by atoms with Crippen molar-refractivity contribution in [2.75, 3.05) is 13.1 Å². The summed E-state index contributed by atoms with van der Waals surface area (Å²) in [4.78, 5) is 2.46. The fourth-order valence-electron chi connectivity index (χ4n) is 3.23. The van der Waals surface area contributed by atoms with Gasteiger partial charge in [-0.3, -0.25) is 4.90 Å². The van der Waals surface area contributed by atoms with E-state index >= 15 is 0 Å². The van der Waals surface area contributed by atoms with Crippen molar-refractivity contribution in [3.8, 4) is 11.5 Å². The summed E-state index contributed by atoms with van der Waals surface area (Å²) in [6.07, 6.45) is 1.07. The Kier molecular flexibility index (Phi) is 4.13. The van der Waals surface area contributed by atoms with Crippen LogP contribution in [-0.4, -0.2) is 28.2 Å². The van der Waals surface area contributed by atoms with Gasteiger partial charge in [0.2, 0.25) is 11.8 Å². The summed E-state index contributed by atoms with van der Waals surface area (Å²) in [7, 11) is 0. The average Bonchev–Trinajstić information content (AvgIpc) is 3.27. The van der Waals surface area contributed by atoms with Gasteiger partial charge in [-0.25, -0.2) is 0 Å². The van der Waals surface area contributed by atoms with Gasteiger partial charge in [-0.2, -0.15) is 0 Å². The Labute approximate surface area is 142 Å². The zero-order valence-electron chi connectivity index (χ0n) is 13.9. The zero-order chi connectivity index (χ0) is 16.4. The average molecular weight is 319 g/mol. The molecule has 0 saturated carbocycles. The molecule has 4 heteroatoms. The zero-order valence-corrected chi connectivity index (χ0v) is 13.9. The summed E-state index contributed by atoms with van der Waals surface area (Å²) in [5, 5.41) is 8.50. The van der Waals surface area contributed by atoms with Gasteiger partial charge in [-0.05, 0) is 37.6 Å². The van der Waals surface area contributed by atoms with Gasteiger partial charge in [0, 0.05) is 18.7 Å². The fourth-order valence-corrected chi connectivity index (χ4v) is 3.23. The van der Waals surface area contributed by atoms with Crippen LogP contribution in [0.4, 0.5) is 0 Å². The number of benzene rings is 2. The maximum atomic E-state index is 5.92. The minimum atomic E-state index is 0.334. The predicted octanol–water partition coefficient (Wildman–Crippen LogP) is 4.03. The van der Waals surface area contributed by atoms with E-state index in [1.807, 2.05) is 30.3 Å². The molecule has 0 radical (unpaired) electrons. The summed E-state index contributed by atoms with van der Waals surface area (Å²) < 4.78 is 5.92. The van der Waals surface area contributed by atoms with Crippen LogP contribution in [0.5, 0.6) is 0 Å². The first-order chi connectivity index (χ1) is 11.8. The molecule has 3 aromatic rings. The number of rotatable bonds is 4. The lowest BCUT2D eigenvalue weighted by molar-refractivity contribution is 0.320. The normalized spacial score (nSPS) is 18.1. The maximum absolute atomic E-state index is 5.92. The standard InChI is InChI=1S/C20H21N3O/c1-15-7-9-16(10-8-15)13-23-12-11-18(14-23)20-22-21-19(24-20)17-5-3-2-4-6-17/h2-10,18H,11-14H2,1H3. The second-order valence-corrected chi connectivity index (χ2v) is 6.52. The van der Waals surface area contributed by atoms with Crippen molar-refractivity contribution < 1.29 is 4.42 Å². The van der Waals surface area contributed by atoms with Crippen molar-refractivity contribution in [1.29, 1.82) is 0 Å². The van der Waals surface area contributed by atoms with Crippen LogP contribution in [0.2, 0.25) is 0 Å². The van der Waals surface area contributed by atoms with Crippen LogP contribution in [0, 0.1) is 6.92 Å². The van der Waals surface area contributed by atoms with Crippen molar-refractivity contribution in [3.05, 3.63) is 71.6 Å². The van der Waals surface area contributed by atoms with E-state index in [4.69, 9.17) is 4.42 Å². The van der Waals surface area contributed by atoms with Crippen molar-refractivity contribution in [1.82, 2.24) is 15.1 Å². The van der Waals surface area contributed by atoms with E-state index in [0.29, 0.717) is 11.8 Å². The van der Waals surface area contributed by atoms with E-state index in [1.165, 1.54) is 11.1 Å². The Balaban J connectivity index is 1.42. The van der Waals surface area contributed by atoms with E-state index in [9.17, 15) is 0 Å². The molecule has 2 heterocycles. The molecule has 0 aliphatic carbocycles. The molecule has 122 valence electrons. The first kappa shape index (κ1) is 15.1. The molecule has 4 nitrogen and oxygen atoms in total. The van der Waals surface area contributed by atoms with Gasteiger partial charge < -0.3 is 4.42 Å². The molecule has 24 heavy (non-hydrogen) atoms. The second kappa shape index (κ2) is 6.57. The molecule has 1 fully saturated rings. The maximum Gasteiger partial charge on any atom is 0.247 e. The number of hydrogen-bond donors (Lipinski definition) is 0. The fraction of sp³-hybridized carbons (Fsp3) is 0.300. The third-order valence-electron chi connectivity index (χ3n) is 4.61. The lowest BCUT2D eigenvalue weighted by Gasteiger charge is -2.15. The molecule has 1 atom stereocenters. The summed E-state index contributed by atoms with van der Waals surface area (Å²) in [5.41, 5.74) is 3.64. The van der Waals surface area contributed by atoms with Gasteiger partial charge in [-0.1, -0.05) is 48.0 Å². The predicted molar refractivity (Wildman–Crippen MR) is 93.5 cm³/mol. The van der Waals surface area contributed by atoms with Gasteiger partial charge in [0.1, 0.15) is 0 Å². The van der Waals surface area contributed by atoms with E-state index in [-0.39, 0.29) is 0 Å². The Bertz CT molecular complexity index is 795. The van der Waals surface area contributed by atoms with E-state index in [1.54, 1.807) is 0 Å². The van der Waals surface area contributed by atoms with Crippen LogP contribution in [-0.2, 0) is 6.54 Å². The van der Waals surface area contributed by atoms with Crippen LogP contribution in [0.15, 0.2) is 59.0 Å². The molecular weight excluding hydrogens is 298 g/mol. The SMILES string of the molecule is Cc1ccc(CN2CCC(c3nnc(-c4ccccc4)o3)C2)cc1. The van der Waals surface area contributed by atoms with Crippen LogP contribution >= 0.6 is 0 Å². The topological polar surface area (TPSA) is 42.2 Å². The third-order valence-corrected chi connectivity index (χ3v) is 4.61. The number of hydrogen-bond acceptors (Lipinski definition) is 4. The van der Waals surface area contributed by atoms with Crippen LogP contribution in [0.1, 0.15) is 29.4 Å².